The van der Waals surface area contributed by atoms with Crippen LogP contribution in [-0.4, -0.2) is 29.5 Å². The first-order valence-electron chi connectivity index (χ1n) is 4.71. The lowest BCUT2D eigenvalue weighted by Gasteiger charge is -2.26. The van der Waals surface area contributed by atoms with Gasteiger partial charge in [-0.05, 0) is 13.8 Å². The van der Waals surface area contributed by atoms with Crippen molar-refractivity contribution in [1.29, 1.82) is 0 Å². The topological polar surface area (TPSA) is 46.5 Å². The van der Waals surface area contributed by atoms with Crippen molar-refractivity contribution in [1.82, 2.24) is 0 Å². The van der Waals surface area contributed by atoms with Crippen LogP contribution in [0.5, 0.6) is 0 Å². The molecule has 6 heteroatoms. The number of alkyl halides is 3. The molecule has 0 aliphatic carbocycles. The molecule has 0 aromatic heterocycles. The largest absolute Gasteiger partial charge is 0.464 e. The number of rotatable bonds is 5. The maximum absolute atomic E-state index is 12.2. The summed E-state index contributed by atoms with van der Waals surface area (Å²) in [4.78, 5) is 11.3. The predicted molar refractivity (Wildman–Crippen MR) is 51.7 cm³/mol. The molecule has 0 amide bonds. The molecule has 1 N–H and O–H groups in total. The van der Waals surface area contributed by atoms with Gasteiger partial charge < -0.3 is 9.84 Å². The fourth-order valence-corrected chi connectivity index (χ4v) is 1.30. The van der Waals surface area contributed by atoms with Crippen LogP contribution in [-0.2, 0) is 9.53 Å². The molecule has 0 heterocycles. The number of ether oxygens (including phenoxy) is 1. The number of hydrogen-bond donors (Lipinski definition) is 1. The van der Waals surface area contributed by atoms with E-state index in [-0.39, 0.29) is 12.2 Å². The second-order valence-corrected chi connectivity index (χ2v) is 3.68. The van der Waals surface area contributed by atoms with Crippen molar-refractivity contribution >= 4 is 5.97 Å². The van der Waals surface area contributed by atoms with E-state index in [0.717, 1.165) is 0 Å². The van der Waals surface area contributed by atoms with Crippen LogP contribution in [0, 0.1) is 0 Å². The van der Waals surface area contributed by atoms with Gasteiger partial charge in [0.25, 0.3) is 0 Å². The Labute approximate surface area is 91.9 Å². The fourth-order valence-electron chi connectivity index (χ4n) is 1.30. The summed E-state index contributed by atoms with van der Waals surface area (Å²) in [6, 6.07) is 0. The van der Waals surface area contributed by atoms with Gasteiger partial charge in [-0.2, -0.15) is 13.2 Å². The molecular formula is C10H15F3O3. The molecule has 0 aromatic carbocycles. The summed E-state index contributed by atoms with van der Waals surface area (Å²) < 4.78 is 41.0. The summed E-state index contributed by atoms with van der Waals surface area (Å²) >= 11 is 0. The lowest BCUT2D eigenvalue weighted by Crippen LogP contribution is -2.44. The molecule has 0 unspecified atom stereocenters. The maximum atomic E-state index is 12.2. The number of aliphatic hydroxyl groups is 1. The molecule has 0 saturated heterocycles. The predicted octanol–water partition coefficient (Wildman–Crippen LogP) is 2.20. The second-order valence-electron chi connectivity index (χ2n) is 3.68. The molecule has 0 aromatic rings. The van der Waals surface area contributed by atoms with Crippen LogP contribution >= 0.6 is 0 Å². The third kappa shape index (κ3) is 5.16. The van der Waals surface area contributed by atoms with Crippen molar-refractivity contribution in [2.75, 3.05) is 6.61 Å². The van der Waals surface area contributed by atoms with E-state index >= 15 is 0 Å². The average molecular weight is 240 g/mol. The van der Waals surface area contributed by atoms with Gasteiger partial charge in [0.05, 0.1) is 13.0 Å². The molecule has 0 fully saturated rings. The van der Waals surface area contributed by atoms with Gasteiger partial charge in [-0.25, -0.2) is 4.79 Å². The monoisotopic (exact) mass is 240 g/mol. The lowest BCUT2D eigenvalue weighted by atomic mass is 9.92. The van der Waals surface area contributed by atoms with E-state index in [0.29, 0.717) is 0 Å². The van der Waals surface area contributed by atoms with Crippen LogP contribution < -0.4 is 0 Å². The Balaban J connectivity index is 4.87. The zero-order valence-electron chi connectivity index (χ0n) is 9.23. The van der Waals surface area contributed by atoms with Gasteiger partial charge in [-0.3, -0.25) is 0 Å². The number of carbonyl (C=O) groups is 1. The summed E-state index contributed by atoms with van der Waals surface area (Å²) in [5.74, 6) is -1.27. The summed E-state index contributed by atoms with van der Waals surface area (Å²) in [6.45, 7) is 6.17. The van der Waals surface area contributed by atoms with Crippen LogP contribution in [0.25, 0.3) is 0 Å². The highest BCUT2D eigenvalue weighted by Gasteiger charge is 2.47. The van der Waals surface area contributed by atoms with E-state index in [4.69, 9.17) is 0 Å². The minimum absolute atomic E-state index is 0.0881. The van der Waals surface area contributed by atoms with Gasteiger partial charge in [0.1, 0.15) is 0 Å². The maximum Gasteiger partial charge on any atom is 0.392 e. The Hall–Kier alpha value is -1.04. The minimum atomic E-state index is -4.64. The van der Waals surface area contributed by atoms with Gasteiger partial charge in [-0.1, -0.05) is 5.57 Å². The zero-order valence-corrected chi connectivity index (χ0v) is 9.23. The molecule has 0 bridgehead atoms. The third-order valence-corrected chi connectivity index (χ3v) is 1.74. The van der Waals surface area contributed by atoms with Gasteiger partial charge in [0.15, 0.2) is 5.60 Å². The number of halogens is 3. The Bertz CT molecular complexity index is 273. The van der Waals surface area contributed by atoms with E-state index in [1.165, 1.54) is 13.8 Å². The molecular weight excluding hydrogens is 225 g/mol. The first kappa shape index (κ1) is 15.0. The Morgan fingerprint density at radius 3 is 2.25 bits per heavy atom. The van der Waals surface area contributed by atoms with Crippen molar-refractivity contribution in [2.24, 2.45) is 0 Å². The first-order valence-corrected chi connectivity index (χ1v) is 4.71. The van der Waals surface area contributed by atoms with Crippen LogP contribution in [0.3, 0.4) is 0 Å². The SMILES string of the molecule is C=C(C)C[C@](O)(CC(F)(F)F)C(=O)OCC. The van der Waals surface area contributed by atoms with Gasteiger partial charge >= 0.3 is 12.1 Å². The highest BCUT2D eigenvalue weighted by atomic mass is 19.4. The molecule has 94 valence electrons. The molecule has 16 heavy (non-hydrogen) atoms. The Morgan fingerprint density at radius 1 is 1.44 bits per heavy atom. The Kier molecular flexibility index (Phi) is 4.99. The van der Waals surface area contributed by atoms with Gasteiger partial charge in [0.2, 0.25) is 0 Å². The van der Waals surface area contributed by atoms with Crippen molar-refractivity contribution < 1.29 is 27.8 Å². The molecule has 0 saturated carbocycles. The van der Waals surface area contributed by atoms with E-state index in [1.807, 2.05) is 0 Å². The second kappa shape index (κ2) is 5.34. The number of carbonyl (C=O) groups excluding carboxylic acids is 1. The minimum Gasteiger partial charge on any atom is -0.464 e. The van der Waals surface area contributed by atoms with Gasteiger partial charge in [0, 0.05) is 6.42 Å². The first-order chi connectivity index (χ1) is 7.10. The van der Waals surface area contributed by atoms with Gasteiger partial charge in [-0.15, -0.1) is 6.58 Å². The smallest absolute Gasteiger partial charge is 0.392 e. The molecule has 0 aliphatic rings. The summed E-state index contributed by atoms with van der Waals surface area (Å²) in [7, 11) is 0. The standard InChI is InChI=1S/C10H15F3O3/c1-4-16-8(14)9(15,5-7(2)3)6-10(11,12)13/h15H,2,4-6H2,1,3H3/t9-/m0/s1. The third-order valence-electron chi connectivity index (χ3n) is 1.74. The molecule has 0 rings (SSSR count). The molecule has 0 spiro atoms. The zero-order chi connectivity index (χ0) is 13.0. The molecule has 0 radical (unpaired) electrons. The van der Waals surface area contributed by atoms with Crippen LogP contribution in [0.1, 0.15) is 26.7 Å². The summed E-state index contributed by atoms with van der Waals surface area (Å²) in [6.07, 6.45) is -6.74. The highest BCUT2D eigenvalue weighted by Crippen LogP contribution is 2.32. The average Bonchev–Trinajstić information content (AvgIpc) is 1.98. The van der Waals surface area contributed by atoms with Crippen molar-refractivity contribution in [3.63, 3.8) is 0 Å². The fraction of sp³-hybridized carbons (Fsp3) is 0.700. The van der Waals surface area contributed by atoms with Crippen LogP contribution in [0.2, 0.25) is 0 Å². The van der Waals surface area contributed by atoms with Crippen molar-refractivity contribution in [3.8, 4) is 0 Å². The van der Waals surface area contributed by atoms with E-state index < -0.39 is 30.6 Å². The van der Waals surface area contributed by atoms with E-state index in [9.17, 15) is 23.1 Å². The highest BCUT2D eigenvalue weighted by molar-refractivity contribution is 5.79. The number of esters is 1. The molecule has 0 aliphatic heterocycles. The Morgan fingerprint density at radius 2 is 1.94 bits per heavy atom. The van der Waals surface area contributed by atoms with Crippen LogP contribution in [0.15, 0.2) is 12.2 Å². The summed E-state index contributed by atoms with van der Waals surface area (Å²) in [5.41, 5.74) is -2.29. The normalized spacial score (nSPS) is 15.4. The van der Waals surface area contributed by atoms with Crippen LogP contribution in [0.4, 0.5) is 13.2 Å². The van der Waals surface area contributed by atoms with E-state index in [2.05, 4.69) is 11.3 Å². The molecule has 1 atom stereocenters. The summed E-state index contributed by atoms with van der Waals surface area (Å²) in [5, 5.41) is 9.66. The quantitative estimate of drug-likeness (QED) is 0.592. The lowest BCUT2D eigenvalue weighted by molar-refractivity contribution is -0.198. The van der Waals surface area contributed by atoms with Crippen molar-refractivity contribution in [2.45, 2.75) is 38.5 Å². The number of hydrogen-bond acceptors (Lipinski definition) is 3. The molecule has 3 nitrogen and oxygen atoms in total. The van der Waals surface area contributed by atoms with Crippen molar-refractivity contribution in [3.05, 3.63) is 12.2 Å². The van der Waals surface area contributed by atoms with E-state index in [1.54, 1.807) is 0 Å².